The second-order valence-corrected chi connectivity index (χ2v) is 6.74. The number of hydrogen-bond acceptors (Lipinski definition) is 5. The Bertz CT molecular complexity index is 695. The predicted octanol–water partition coefficient (Wildman–Crippen LogP) is 3.03. The van der Waals surface area contributed by atoms with Crippen LogP contribution in [0.2, 0.25) is 0 Å². The summed E-state index contributed by atoms with van der Waals surface area (Å²) in [6.07, 6.45) is 5.93. The SMILES string of the molecule is Nn1c(SCc2ccccc2C(=O)O)nnc1C1CCCCC1. The van der Waals surface area contributed by atoms with Crippen molar-refractivity contribution in [3.63, 3.8) is 0 Å². The van der Waals surface area contributed by atoms with E-state index in [9.17, 15) is 9.90 Å². The number of carboxylic acid groups (broad SMARTS) is 1. The molecular weight excluding hydrogens is 312 g/mol. The Morgan fingerprint density at radius 3 is 2.74 bits per heavy atom. The van der Waals surface area contributed by atoms with Crippen molar-refractivity contribution in [2.45, 2.75) is 48.9 Å². The number of carboxylic acids is 1. The Hall–Kier alpha value is -2.02. The lowest BCUT2D eigenvalue weighted by Crippen LogP contribution is -2.18. The van der Waals surface area contributed by atoms with E-state index in [0.29, 0.717) is 22.4 Å². The number of nitrogens with zero attached hydrogens (tertiary/aromatic N) is 3. The van der Waals surface area contributed by atoms with E-state index in [2.05, 4.69) is 10.2 Å². The molecule has 0 spiro atoms. The lowest BCUT2D eigenvalue weighted by Gasteiger charge is -2.20. The zero-order chi connectivity index (χ0) is 16.2. The van der Waals surface area contributed by atoms with E-state index in [4.69, 9.17) is 5.84 Å². The molecule has 122 valence electrons. The number of benzene rings is 1. The molecule has 2 aromatic rings. The van der Waals surface area contributed by atoms with Crippen LogP contribution in [0.15, 0.2) is 29.4 Å². The Balaban J connectivity index is 1.72. The van der Waals surface area contributed by atoms with Gasteiger partial charge in [0.1, 0.15) is 0 Å². The van der Waals surface area contributed by atoms with Crippen LogP contribution in [0.3, 0.4) is 0 Å². The summed E-state index contributed by atoms with van der Waals surface area (Å²) in [5.41, 5.74) is 1.07. The Morgan fingerprint density at radius 1 is 1.26 bits per heavy atom. The lowest BCUT2D eigenvalue weighted by atomic mass is 9.89. The van der Waals surface area contributed by atoms with Gasteiger partial charge in [-0.1, -0.05) is 49.2 Å². The van der Waals surface area contributed by atoms with Crippen molar-refractivity contribution in [2.75, 3.05) is 5.84 Å². The second kappa shape index (κ2) is 7.04. The van der Waals surface area contributed by atoms with Crippen LogP contribution in [0.4, 0.5) is 0 Å². The number of rotatable bonds is 5. The highest BCUT2D eigenvalue weighted by Gasteiger charge is 2.22. The maximum atomic E-state index is 11.2. The van der Waals surface area contributed by atoms with E-state index in [1.54, 1.807) is 16.8 Å². The van der Waals surface area contributed by atoms with Crippen LogP contribution in [0.5, 0.6) is 0 Å². The summed E-state index contributed by atoms with van der Waals surface area (Å²) in [5.74, 6) is 6.97. The number of nitrogens with two attached hydrogens (primary N) is 1. The molecule has 3 rings (SSSR count). The minimum absolute atomic E-state index is 0.315. The highest BCUT2D eigenvalue weighted by molar-refractivity contribution is 7.98. The first-order valence-corrected chi connectivity index (χ1v) is 8.79. The fourth-order valence-corrected chi connectivity index (χ4v) is 3.89. The van der Waals surface area contributed by atoms with Crippen molar-refractivity contribution in [3.05, 3.63) is 41.2 Å². The molecule has 1 aromatic carbocycles. The first-order chi connectivity index (χ1) is 11.2. The summed E-state index contributed by atoms with van der Waals surface area (Å²) >= 11 is 1.42. The molecule has 1 aliphatic carbocycles. The third-order valence-electron chi connectivity index (χ3n) is 4.27. The van der Waals surface area contributed by atoms with E-state index in [1.807, 2.05) is 12.1 Å². The number of thioether (sulfide) groups is 1. The summed E-state index contributed by atoms with van der Waals surface area (Å²) in [5, 5.41) is 18.3. The van der Waals surface area contributed by atoms with Gasteiger partial charge in [-0.2, -0.15) is 0 Å². The third-order valence-corrected chi connectivity index (χ3v) is 5.26. The van der Waals surface area contributed by atoms with Gasteiger partial charge in [0.15, 0.2) is 5.82 Å². The van der Waals surface area contributed by atoms with Crippen molar-refractivity contribution < 1.29 is 9.90 Å². The van der Waals surface area contributed by atoms with Gasteiger partial charge >= 0.3 is 5.97 Å². The average Bonchev–Trinajstić information content (AvgIpc) is 2.94. The van der Waals surface area contributed by atoms with Crippen molar-refractivity contribution in [1.82, 2.24) is 14.9 Å². The van der Waals surface area contributed by atoms with E-state index < -0.39 is 5.97 Å². The second-order valence-electron chi connectivity index (χ2n) is 5.80. The molecule has 0 atom stereocenters. The number of hydrogen-bond donors (Lipinski definition) is 2. The Morgan fingerprint density at radius 2 is 2.00 bits per heavy atom. The largest absolute Gasteiger partial charge is 0.478 e. The molecule has 23 heavy (non-hydrogen) atoms. The molecule has 1 heterocycles. The van der Waals surface area contributed by atoms with Gasteiger partial charge in [-0.3, -0.25) is 0 Å². The molecule has 1 fully saturated rings. The van der Waals surface area contributed by atoms with Gasteiger partial charge in [0.25, 0.3) is 0 Å². The van der Waals surface area contributed by atoms with Gasteiger partial charge in [0.05, 0.1) is 5.56 Å². The summed E-state index contributed by atoms with van der Waals surface area (Å²) in [6.45, 7) is 0. The smallest absolute Gasteiger partial charge is 0.335 e. The molecule has 0 amide bonds. The molecule has 1 saturated carbocycles. The molecule has 1 aliphatic rings. The van der Waals surface area contributed by atoms with Gasteiger partial charge in [0.2, 0.25) is 5.16 Å². The van der Waals surface area contributed by atoms with Crippen LogP contribution in [0.25, 0.3) is 0 Å². The normalized spacial score (nSPS) is 15.7. The van der Waals surface area contributed by atoms with Crippen molar-refractivity contribution in [3.8, 4) is 0 Å². The lowest BCUT2D eigenvalue weighted by molar-refractivity contribution is 0.0696. The summed E-state index contributed by atoms with van der Waals surface area (Å²) in [6, 6.07) is 6.99. The van der Waals surface area contributed by atoms with Crippen molar-refractivity contribution in [2.24, 2.45) is 0 Å². The molecule has 0 bridgehead atoms. The monoisotopic (exact) mass is 332 g/mol. The van der Waals surface area contributed by atoms with Crippen LogP contribution >= 0.6 is 11.8 Å². The van der Waals surface area contributed by atoms with Crippen LogP contribution in [0.1, 0.15) is 59.8 Å². The number of carbonyl (C=O) groups is 1. The number of aromatic nitrogens is 3. The van der Waals surface area contributed by atoms with E-state index in [0.717, 1.165) is 24.2 Å². The van der Waals surface area contributed by atoms with E-state index in [1.165, 1.54) is 31.0 Å². The maximum absolute atomic E-state index is 11.2. The minimum Gasteiger partial charge on any atom is -0.478 e. The zero-order valence-corrected chi connectivity index (χ0v) is 13.6. The first kappa shape index (κ1) is 15.9. The average molecular weight is 332 g/mol. The Labute approximate surface area is 139 Å². The fraction of sp³-hybridized carbons (Fsp3) is 0.438. The van der Waals surface area contributed by atoms with E-state index in [-0.39, 0.29) is 0 Å². The van der Waals surface area contributed by atoms with Crippen LogP contribution in [-0.4, -0.2) is 25.9 Å². The maximum Gasteiger partial charge on any atom is 0.335 e. The molecule has 6 nitrogen and oxygen atoms in total. The predicted molar refractivity (Wildman–Crippen MR) is 89.0 cm³/mol. The van der Waals surface area contributed by atoms with Gasteiger partial charge < -0.3 is 10.9 Å². The Kier molecular flexibility index (Phi) is 4.85. The standard InChI is InChI=1S/C16H20N4O2S/c17-20-14(11-6-2-1-3-7-11)18-19-16(20)23-10-12-8-4-5-9-13(12)15(21)22/h4-5,8-9,11H,1-3,6-7,10,17H2,(H,21,22). The molecule has 0 unspecified atom stereocenters. The molecular formula is C16H20N4O2S. The minimum atomic E-state index is -0.918. The summed E-state index contributed by atoms with van der Waals surface area (Å²) in [7, 11) is 0. The highest BCUT2D eigenvalue weighted by atomic mass is 32.2. The van der Waals surface area contributed by atoms with Crippen LogP contribution in [0, 0.1) is 0 Å². The third kappa shape index (κ3) is 3.50. The molecule has 3 N–H and O–H groups in total. The van der Waals surface area contributed by atoms with Crippen molar-refractivity contribution >= 4 is 17.7 Å². The molecule has 0 radical (unpaired) electrons. The summed E-state index contributed by atoms with van der Waals surface area (Å²) in [4.78, 5) is 11.2. The highest BCUT2D eigenvalue weighted by Crippen LogP contribution is 2.32. The first-order valence-electron chi connectivity index (χ1n) is 7.81. The van der Waals surface area contributed by atoms with Gasteiger partial charge in [-0.25, -0.2) is 9.47 Å². The van der Waals surface area contributed by atoms with Gasteiger partial charge in [-0.15, -0.1) is 10.2 Å². The van der Waals surface area contributed by atoms with Crippen LogP contribution in [-0.2, 0) is 5.75 Å². The van der Waals surface area contributed by atoms with Crippen LogP contribution < -0.4 is 5.84 Å². The molecule has 0 aliphatic heterocycles. The van der Waals surface area contributed by atoms with Gasteiger partial charge in [-0.05, 0) is 24.5 Å². The molecule has 7 heteroatoms. The molecule has 0 saturated heterocycles. The number of aromatic carboxylic acids is 1. The quantitative estimate of drug-likeness (QED) is 0.645. The topological polar surface area (TPSA) is 94.0 Å². The zero-order valence-electron chi connectivity index (χ0n) is 12.8. The van der Waals surface area contributed by atoms with Gasteiger partial charge in [0, 0.05) is 11.7 Å². The number of nitrogen functional groups attached to an aromatic ring is 1. The molecule has 1 aromatic heterocycles. The van der Waals surface area contributed by atoms with Crippen molar-refractivity contribution in [1.29, 1.82) is 0 Å². The fourth-order valence-electron chi connectivity index (χ4n) is 3.02. The summed E-state index contributed by atoms with van der Waals surface area (Å²) < 4.78 is 1.57. The van der Waals surface area contributed by atoms with E-state index >= 15 is 0 Å².